The van der Waals surface area contributed by atoms with Crippen molar-refractivity contribution in [3.05, 3.63) is 65.4 Å². The molecule has 2 heterocycles. The number of amides is 1. The van der Waals surface area contributed by atoms with Crippen molar-refractivity contribution in [2.75, 3.05) is 19.0 Å². The molecule has 2 aromatic carbocycles. The Kier molecular flexibility index (Phi) is 6.28. The van der Waals surface area contributed by atoms with Crippen LogP contribution in [0.4, 0.5) is 5.13 Å². The van der Waals surface area contributed by atoms with Crippen molar-refractivity contribution in [2.24, 2.45) is 0 Å². The summed E-state index contributed by atoms with van der Waals surface area (Å²) in [5.74, 6) is 1.23. The van der Waals surface area contributed by atoms with Crippen molar-refractivity contribution in [1.82, 2.24) is 4.98 Å². The first kappa shape index (κ1) is 21.6. The molecule has 164 valence electrons. The number of carbonyl (C=O) groups excluding carboxylic acids is 1. The molecule has 0 unspecified atom stereocenters. The summed E-state index contributed by atoms with van der Waals surface area (Å²) in [6.07, 6.45) is 4.95. The Bertz CT molecular complexity index is 1290. The van der Waals surface area contributed by atoms with Gasteiger partial charge in [0.2, 0.25) is 5.91 Å². The number of anilines is 1. The van der Waals surface area contributed by atoms with Gasteiger partial charge in [-0.05, 0) is 38.5 Å². The second kappa shape index (κ2) is 9.28. The third-order valence-corrected chi connectivity index (χ3v) is 5.85. The molecule has 4 rings (SSSR count). The van der Waals surface area contributed by atoms with Crippen molar-refractivity contribution < 1.29 is 18.7 Å². The van der Waals surface area contributed by atoms with E-state index in [4.69, 9.17) is 13.9 Å². The molecule has 0 aliphatic heterocycles. The van der Waals surface area contributed by atoms with Gasteiger partial charge in [-0.1, -0.05) is 18.2 Å². The molecular weight excluding hydrogens is 424 g/mol. The van der Waals surface area contributed by atoms with Crippen molar-refractivity contribution in [2.45, 2.75) is 20.8 Å². The first-order chi connectivity index (χ1) is 15.5. The lowest BCUT2D eigenvalue weighted by molar-refractivity contribution is -0.111. The number of carbonyl (C=O) groups is 1. The number of rotatable bonds is 7. The number of para-hydroxylation sites is 1. The maximum absolute atomic E-state index is 12.5. The number of aromatic nitrogens is 1. The monoisotopic (exact) mass is 448 g/mol. The maximum Gasteiger partial charge on any atom is 0.250 e. The zero-order valence-corrected chi connectivity index (χ0v) is 19.2. The molecule has 32 heavy (non-hydrogen) atoms. The average molecular weight is 449 g/mol. The molecule has 0 saturated heterocycles. The average Bonchev–Trinajstić information content (AvgIpc) is 3.45. The number of ether oxygens (including phenoxy) is 2. The Hall–Kier alpha value is -3.58. The number of fused-ring (bicyclic) bond motifs is 1. The molecule has 0 radical (unpaired) electrons. The molecule has 1 amide bonds. The van der Waals surface area contributed by atoms with Gasteiger partial charge in [0.05, 0.1) is 20.0 Å². The Morgan fingerprint density at radius 2 is 2.09 bits per heavy atom. The van der Waals surface area contributed by atoms with E-state index in [1.54, 1.807) is 25.6 Å². The minimum absolute atomic E-state index is 0.241. The summed E-state index contributed by atoms with van der Waals surface area (Å²) in [7, 11) is 1.65. The number of nitrogens with one attached hydrogen (secondary N) is 1. The summed E-state index contributed by atoms with van der Waals surface area (Å²) in [6, 6.07) is 9.83. The highest BCUT2D eigenvalue weighted by molar-refractivity contribution is 7.13. The molecule has 0 bridgehead atoms. The number of nitrogens with zero attached hydrogens (tertiary/aromatic N) is 1. The smallest absolute Gasteiger partial charge is 0.250 e. The molecule has 4 aromatic rings. The fourth-order valence-electron chi connectivity index (χ4n) is 3.72. The van der Waals surface area contributed by atoms with Gasteiger partial charge in [0.1, 0.15) is 17.1 Å². The van der Waals surface area contributed by atoms with Crippen LogP contribution in [0.5, 0.6) is 11.5 Å². The topological polar surface area (TPSA) is 73.6 Å². The summed E-state index contributed by atoms with van der Waals surface area (Å²) in [5.41, 5.74) is 5.10. The SMILES string of the molecule is CCOc1c(/C(C)=C/C(=O)Nc2nccs2)cc2c(-c3ccccc3OC)coc2c1C. The number of benzene rings is 2. The first-order valence-corrected chi connectivity index (χ1v) is 11.1. The Balaban J connectivity index is 1.84. The summed E-state index contributed by atoms with van der Waals surface area (Å²) in [6.45, 7) is 6.30. The first-order valence-electron chi connectivity index (χ1n) is 10.2. The predicted octanol–water partition coefficient (Wildman–Crippen LogP) is 6.31. The molecule has 2 aromatic heterocycles. The molecule has 0 fully saturated rings. The number of allylic oxidation sites excluding steroid dienone is 1. The number of furan rings is 1. The Labute approximate surface area is 190 Å². The van der Waals surface area contributed by atoms with E-state index >= 15 is 0 Å². The molecule has 6 nitrogen and oxygen atoms in total. The molecule has 0 spiro atoms. The lowest BCUT2D eigenvalue weighted by Gasteiger charge is -2.15. The lowest BCUT2D eigenvalue weighted by atomic mass is 9.96. The Morgan fingerprint density at radius 3 is 2.81 bits per heavy atom. The van der Waals surface area contributed by atoms with Crippen molar-refractivity contribution in [3.8, 4) is 22.6 Å². The zero-order valence-electron chi connectivity index (χ0n) is 18.4. The van der Waals surface area contributed by atoms with Crippen LogP contribution in [0.2, 0.25) is 0 Å². The second-order valence-electron chi connectivity index (χ2n) is 7.19. The highest BCUT2D eigenvalue weighted by Gasteiger charge is 2.20. The van der Waals surface area contributed by atoms with Crippen molar-refractivity contribution >= 4 is 38.9 Å². The van der Waals surface area contributed by atoms with Gasteiger partial charge in [-0.3, -0.25) is 10.1 Å². The van der Waals surface area contributed by atoms with Crippen LogP contribution in [0.3, 0.4) is 0 Å². The van der Waals surface area contributed by atoms with Crippen LogP contribution in [0.15, 0.2) is 58.7 Å². The molecule has 0 aliphatic rings. The molecule has 1 N–H and O–H groups in total. The molecule has 0 saturated carbocycles. The fourth-order valence-corrected chi connectivity index (χ4v) is 4.25. The fraction of sp³-hybridized carbons (Fsp3) is 0.200. The normalized spacial score (nSPS) is 11.6. The van der Waals surface area contributed by atoms with Gasteiger partial charge < -0.3 is 13.9 Å². The molecule has 0 atom stereocenters. The van der Waals surface area contributed by atoms with Crippen LogP contribution in [0, 0.1) is 6.92 Å². The van der Waals surface area contributed by atoms with E-state index in [0.717, 1.165) is 44.5 Å². The number of hydrogen-bond donors (Lipinski definition) is 1. The Morgan fingerprint density at radius 1 is 1.28 bits per heavy atom. The van der Waals surface area contributed by atoms with Gasteiger partial charge in [-0.15, -0.1) is 11.3 Å². The van der Waals surface area contributed by atoms with E-state index < -0.39 is 0 Å². The summed E-state index contributed by atoms with van der Waals surface area (Å²) in [5, 5.41) is 6.09. The van der Waals surface area contributed by atoms with Crippen LogP contribution in [0.25, 0.3) is 27.7 Å². The van der Waals surface area contributed by atoms with Crippen LogP contribution < -0.4 is 14.8 Å². The van der Waals surface area contributed by atoms with E-state index in [-0.39, 0.29) is 5.91 Å². The van der Waals surface area contributed by atoms with Crippen LogP contribution in [-0.2, 0) is 4.79 Å². The van der Waals surface area contributed by atoms with Crippen LogP contribution >= 0.6 is 11.3 Å². The quantitative estimate of drug-likeness (QED) is 0.335. The predicted molar refractivity (Wildman–Crippen MR) is 129 cm³/mol. The minimum atomic E-state index is -0.241. The summed E-state index contributed by atoms with van der Waals surface area (Å²) < 4.78 is 17.5. The van der Waals surface area contributed by atoms with E-state index in [9.17, 15) is 4.79 Å². The van der Waals surface area contributed by atoms with E-state index in [0.29, 0.717) is 17.5 Å². The highest BCUT2D eigenvalue weighted by Crippen LogP contribution is 2.42. The maximum atomic E-state index is 12.5. The number of thiazole rings is 1. The van der Waals surface area contributed by atoms with Gasteiger partial charge in [0.25, 0.3) is 0 Å². The standard InChI is InChI=1S/C25H24N2O4S/c1-5-30-23-16(3)24-19(20(14-31-24)17-8-6-7-9-21(17)29-4)13-18(23)15(2)12-22(28)27-25-26-10-11-32-25/h6-14H,5H2,1-4H3,(H,26,27,28)/b15-12+. The second-order valence-corrected chi connectivity index (χ2v) is 8.09. The number of hydrogen-bond acceptors (Lipinski definition) is 6. The number of aryl methyl sites for hydroxylation is 1. The molecule has 7 heteroatoms. The van der Waals surface area contributed by atoms with E-state index in [1.807, 2.05) is 56.5 Å². The summed E-state index contributed by atoms with van der Waals surface area (Å²) in [4.78, 5) is 16.6. The van der Waals surface area contributed by atoms with Crippen molar-refractivity contribution in [3.63, 3.8) is 0 Å². The van der Waals surface area contributed by atoms with Gasteiger partial charge in [-0.2, -0.15) is 0 Å². The zero-order chi connectivity index (χ0) is 22.7. The number of methoxy groups -OCH3 is 1. The van der Waals surface area contributed by atoms with E-state index in [2.05, 4.69) is 10.3 Å². The van der Waals surface area contributed by atoms with Crippen molar-refractivity contribution in [1.29, 1.82) is 0 Å². The minimum Gasteiger partial charge on any atom is -0.496 e. The van der Waals surface area contributed by atoms with Crippen LogP contribution in [0.1, 0.15) is 25.0 Å². The largest absolute Gasteiger partial charge is 0.496 e. The lowest BCUT2D eigenvalue weighted by Crippen LogP contribution is -2.08. The third-order valence-electron chi connectivity index (χ3n) is 5.16. The third kappa shape index (κ3) is 4.11. The highest BCUT2D eigenvalue weighted by atomic mass is 32.1. The van der Waals surface area contributed by atoms with Gasteiger partial charge in [-0.25, -0.2) is 4.98 Å². The summed E-state index contributed by atoms with van der Waals surface area (Å²) >= 11 is 1.37. The molecular formula is C25H24N2O4S. The van der Waals surface area contributed by atoms with E-state index in [1.165, 1.54) is 11.3 Å². The van der Waals surface area contributed by atoms with Gasteiger partial charge >= 0.3 is 0 Å². The molecule has 0 aliphatic carbocycles. The van der Waals surface area contributed by atoms with Gasteiger partial charge in [0.15, 0.2) is 5.13 Å². The van der Waals surface area contributed by atoms with Gasteiger partial charge in [0, 0.05) is 45.3 Å². The van der Waals surface area contributed by atoms with Crippen LogP contribution in [-0.4, -0.2) is 24.6 Å².